The van der Waals surface area contributed by atoms with Gasteiger partial charge in [-0.05, 0) is 74.0 Å². The highest BCUT2D eigenvalue weighted by Crippen LogP contribution is 2.32. The summed E-state index contributed by atoms with van der Waals surface area (Å²) >= 11 is 0. The first-order valence-corrected chi connectivity index (χ1v) is 15.5. The first kappa shape index (κ1) is 34.6. The van der Waals surface area contributed by atoms with Crippen molar-refractivity contribution in [1.29, 1.82) is 0 Å². The highest BCUT2D eigenvalue weighted by Gasteiger charge is 2.16. The number of benzene rings is 3. The van der Waals surface area contributed by atoms with Gasteiger partial charge < -0.3 is 9.67 Å². The second-order valence-electron chi connectivity index (χ2n) is 9.03. The van der Waals surface area contributed by atoms with Crippen molar-refractivity contribution < 1.29 is 14.7 Å². The second kappa shape index (κ2) is 18.8. The molecule has 0 unspecified atom stereocenters. The molecule has 4 aromatic rings. The van der Waals surface area contributed by atoms with Crippen LogP contribution >= 0.6 is 0 Å². The number of hydrogen-bond acceptors (Lipinski definition) is 3. The number of Topliss-reactive ketones (excluding diaryl/α,β-unsaturated/α-hetero) is 1. The number of rotatable bonds is 11. The van der Waals surface area contributed by atoms with Crippen LogP contribution in [0.2, 0.25) is 0 Å². The minimum absolute atomic E-state index is 0.0883. The monoisotopic (exact) mass is 545 g/mol. The molecule has 0 radical (unpaired) electrons. The van der Waals surface area contributed by atoms with Crippen molar-refractivity contribution in [2.75, 3.05) is 0 Å². The predicted octanol–water partition coefficient (Wildman–Crippen LogP) is 10.8. The summed E-state index contributed by atoms with van der Waals surface area (Å²) < 4.78 is 2.22. The molecular weight excluding hydrogens is 494 g/mol. The lowest BCUT2D eigenvalue weighted by atomic mass is 9.99. The molecule has 0 spiro atoms. The molecule has 218 valence electrons. The normalized spacial score (nSPS) is 10.1. The number of aromatic hydroxyl groups is 1. The van der Waals surface area contributed by atoms with Crippen LogP contribution in [0.5, 0.6) is 5.75 Å². The summed E-state index contributed by atoms with van der Waals surface area (Å²) in [5.41, 5.74) is 4.00. The number of phenolic OH excluding ortho intramolecular Hbond substituents is 1. The third-order valence-corrected chi connectivity index (χ3v) is 6.65. The summed E-state index contributed by atoms with van der Waals surface area (Å²) in [6.07, 6.45) is 7.55. The summed E-state index contributed by atoms with van der Waals surface area (Å²) in [6.45, 7) is 17.1. The van der Waals surface area contributed by atoms with E-state index in [-0.39, 0.29) is 17.3 Å². The largest absolute Gasteiger partial charge is 0.508 e. The van der Waals surface area contributed by atoms with Crippen LogP contribution in [0.15, 0.2) is 60.7 Å². The van der Waals surface area contributed by atoms with E-state index in [9.17, 15) is 14.7 Å². The number of fused-ring (bicyclic) bond motifs is 3. The van der Waals surface area contributed by atoms with Gasteiger partial charge in [0.05, 0.1) is 0 Å². The average molecular weight is 546 g/mol. The highest BCUT2D eigenvalue weighted by molar-refractivity contribution is 6.15. The lowest BCUT2D eigenvalue weighted by Gasteiger charge is -2.05. The minimum atomic E-state index is -0.0883. The van der Waals surface area contributed by atoms with Crippen molar-refractivity contribution in [3.63, 3.8) is 0 Å². The summed E-state index contributed by atoms with van der Waals surface area (Å²) in [7, 11) is 0. The van der Waals surface area contributed by atoms with Gasteiger partial charge in [0, 0.05) is 51.5 Å². The van der Waals surface area contributed by atoms with Gasteiger partial charge in [0.2, 0.25) is 0 Å². The molecule has 0 aliphatic carbocycles. The van der Waals surface area contributed by atoms with Gasteiger partial charge in [-0.25, -0.2) is 0 Å². The molecule has 1 N–H and O–H groups in total. The summed E-state index contributed by atoms with van der Waals surface area (Å²) in [6, 6.07) is 18.1. The van der Waals surface area contributed by atoms with Gasteiger partial charge in [-0.3, -0.25) is 9.59 Å². The standard InChI is InChI=1S/C30H33NO3.3C2H6/c1-3-5-6-7-8-9-10-29(33)22-13-17-27-25(19-22)26-20-23(14-18-28(26)31(27)4-2)30(34)21-11-15-24(32)16-12-21;3*1-2/h11-20,32H,3-10H2,1-2H3;3*1-2H3. The Morgan fingerprint density at radius 2 is 1.10 bits per heavy atom. The van der Waals surface area contributed by atoms with Crippen molar-refractivity contribution in [1.82, 2.24) is 4.57 Å². The number of aryl methyl sites for hydroxylation is 1. The van der Waals surface area contributed by atoms with Crippen molar-refractivity contribution in [2.45, 2.75) is 107 Å². The Morgan fingerprint density at radius 3 is 1.65 bits per heavy atom. The summed E-state index contributed by atoms with van der Waals surface area (Å²) in [4.78, 5) is 26.0. The van der Waals surface area contributed by atoms with Crippen molar-refractivity contribution in [2.24, 2.45) is 0 Å². The van der Waals surface area contributed by atoms with E-state index in [0.29, 0.717) is 17.5 Å². The van der Waals surface area contributed by atoms with Gasteiger partial charge >= 0.3 is 0 Å². The van der Waals surface area contributed by atoms with Crippen LogP contribution < -0.4 is 0 Å². The average Bonchev–Trinajstić information content (AvgIpc) is 3.34. The van der Waals surface area contributed by atoms with E-state index in [1.807, 2.05) is 77.9 Å². The first-order valence-electron chi connectivity index (χ1n) is 15.5. The number of unbranched alkanes of at least 4 members (excludes halogenated alkanes) is 5. The van der Waals surface area contributed by atoms with Crippen LogP contribution in [-0.2, 0) is 6.54 Å². The van der Waals surface area contributed by atoms with Crippen LogP contribution in [0.1, 0.15) is 127 Å². The number of carbonyl (C=O) groups excluding carboxylic acids is 2. The fraction of sp³-hybridized carbons (Fsp3) is 0.444. The van der Waals surface area contributed by atoms with E-state index in [0.717, 1.165) is 46.8 Å². The Balaban J connectivity index is 0.00000125. The molecule has 0 saturated carbocycles. The van der Waals surface area contributed by atoms with Gasteiger partial charge in [0.25, 0.3) is 0 Å². The maximum absolute atomic E-state index is 13.1. The number of ketones is 2. The molecule has 4 nitrogen and oxygen atoms in total. The fourth-order valence-corrected chi connectivity index (χ4v) is 4.75. The zero-order chi connectivity index (χ0) is 30.1. The Kier molecular flexibility index (Phi) is 16.3. The number of aromatic nitrogens is 1. The molecule has 0 aliphatic rings. The topological polar surface area (TPSA) is 59.3 Å². The molecule has 0 saturated heterocycles. The molecule has 4 heteroatoms. The lowest BCUT2D eigenvalue weighted by Crippen LogP contribution is -2.01. The Labute approximate surface area is 242 Å². The van der Waals surface area contributed by atoms with E-state index in [1.54, 1.807) is 12.1 Å². The Hall–Kier alpha value is -3.40. The molecule has 4 rings (SSSR count). The van der Waals surface area contributed by atoms with Gasteiger partial charge in [-0.2, -0.15) is 0 Å². The molecule has 0 fully saturated rings. The van der Waals surface area contributed by atoms with E-state index in [4.69, 9.17) is 0 Å². The number of nitrogens with zero attached hydrogens (tertiary/aromatic N) is 1. The van der Waals surface area contributed by atoms with Crippen LogP contribution in [-0.4, -0.2) is 21.2 Å². The van der Waals surface area contributed by atoms with Gasteiger partial charge in [0.15, 0.2) is 11.6 Å². The Morgan fingerprint density at radius 1 is 0.625 bits per heavy atom. The number of carbonyl (C=O) groups is 2. The highest BCUT2D eigenvalue weighted by atomic mass is 16.3. The Bertz CT molecular complexity index is 1320. The van der Waals surface area contributed by atoms with Gasteiger partial charge in [-0.1, -0.05) is 80.6 Å². The zero-order valence-corrected chi connectivity index (χ0v) is 26.1. The van der Waals surface area contributed by atoms with E-state index < -0.39 is 0 Å². The molecule has 0 atom stereocenters. The van der Waals surface area contributed by atoms with Crippen LogP contribution in [0.3, 0.4) is 0 Å². The molecule has 0 amide bonds. The second-order valence-corrected chi connectivity index (χ2v) is 9.03. The third kappa shape index (κ3) is 8.81. The molecule has 40 heavy (non-hydrogen) atoms. The van der Waals surface area contributed by atoms with E-state index in [1.165, 1.54) is 37.8 Å². The van der Waals surface area contributed by atoms with Crippen LogP contribution in [0, 0.1) is 0 Å². The van der Waals surface area contributed by atoms with Crippen LogP contribution in [0.25, 0.3) is 21.8 Å². The molecule has 3 aromatic carbocycles. The predicted molar refractivity (Wildman–Crippen MR) is 173 cm³/mol. The molecule has 1 heterocycles. The quantitative estimate of drug-likeness (QED) is 0.151. The molecule has 0 aliphatic heterocycles. The van der Waals surface area contributed by atoms with Crippen molar-refractivity contribution >= 4 is 33.4 Å². The SMILES string of the molecule is CC.CC.CC.CCCCCCCCC(=O)c1ccc2c(c1)c1cc(C(=O)c3ccc(O)cc3)ccc1n2CC. The molecule has 0 bridgehead atoms. The van der Waals surface area contributed by atoms with Gasteiger partial charge in [0.1, 0.15) is 5.75 Å². The molecular formula is C36H51NO3. The van der Waals surface area contributed by atoms with E-state index >= 15 is 0 Å². The lowest BCUT2D eigenvalue weighted by molar-refractivity contribution is 0.0978. The van der Waals surface area contributed by atoms with Crippen molar-refractivity contribution in [3.05, 3.63) is 77.4 Å². The maximum atomic E-state index is 13.1. The number of hydrogen-bond donors (Lipinski definition) is 1. The zero-order valence-electron chi connectivity index (χ0n) is 26.1. The fourth-order valence-electron chi connectivity index (χ4n) is 4.75. The molecule has 1 aromatic heterocycles. The minimum Gasteiger partial charge on any atom is -0.508 e. The van der Waals surface area contributed by atoms with E-state index in [2.05, 4.69) is 18.4 Å². The van der Waals surface area contributed by atoms with Gasteiger partial charge in [-0.15, -0.1) is 0 Å². The van der Waals surface area contributed by atoms with Crippen LogP contribution in [0.4, 0.5) is 0 Å². The number of phenols is 1. The first-order chi connectivity index (χ1) is 19.5. The van der Waals surface area contributed by atoms with Crippen molar-refractivity contribution in [3.8, 4) is 5.75 Å². The maximum Gasteiger partial charge on any atom is 0.193 e. The summed E-state index contributed by atoms with van der Waals surface area (Å²) in [5, 5.41) is 11.5. The summed E-state index contributed by atoms with van der Waals surface area (Å²) in [5.74, 6) is 0.233. The smallest absolute Gasteiger partial charge is 0.193 e. The third-order valence-electron chi connectivity index (χ3n) is 6.65.